The Kier molecular flexibility index (Phi) is 2.51. The molecule has 0 radical (unpaired) electrons. The second-order valence-electron chi connectivity index (χ2n) is 3.10. The zero-order chi connectivity index (χ0) is 11.8. The number of aromatic nitrogens is 1. The highest BCUT2D eigenvalue weighted by molar-refractivity contribution is 7.86. The summed E-state index contributed by atoms with van der Waals surface area (Å²) in [6, 6.07) is 5.79. The molecule has 0 N–H and O–H groups in total. The van der Waals surface area contributed by atoms with E-state index in [9.17, 15) is 12.3 Å². The first-order chi connectivity index (χ1) is 7.54. The average Bonchev–Trinajstić information content (AvgIpc) is 2.26. The van der Waals surface area contributed by atoms with Crippen molar-refractivity contribution in [1.82, 2.24) is 4.98 Å². The third kappa shape index (κ3) is 1.71. The van der Waals surface area contributed by atoms with Crippen molar-refractivity contribution in [3.05, 3.63) is 30.5 Å². The van der Waals surface area contributed by atoms with Crippen molar-refractivity contribution in [3.63, 3.8) is 0 Å². The van der Waals surface area contributed by atoms with Crippen molar-refractivity contribution in [2.45, 2.75) is 4.90 Å². The van der Waals surface area contributed by atoms with Crippen LogP contribution in [0.4, 0.5) is 3.89 Å². The van der Waals surface area contributed by atoms with Crippen LogP contribution in [0.5, 0.6) is 5.75 Å². The van der Waals surface area contributed by atoms with Gasteiger partial charge in [-0.2, -0.15) is 8.42 Å². The van der Waals surface area contributed by atoms with Gasteiger partial charge >= 0.3 is 10.2 Å². The summed E-state index contributed by atoms with van der Waals surface area (Å²) in [6.45, 7) is 0. The van der Waals surface area contributed by atoms with Gasteiger partial charge in [0.2, 0.25) is 0 Å². The van der Waals surface area contributed by atoms with Crippen molar-refractivity contribution < 1.29 is 17.0 Å². The highest BCUT2D eigenvalue weighted by atomic mass is 32.3. The van der Waals surface area contributed by atoms with Crippen LogP contribution in [0.1, 0.15) is 0 Å². The lowest BCUT2D eigenvalue weighted by Crippen LogP contribution is -1.96. The number of halogens is 1. The van der Waals surface area contributed by atoms with Gasteiger partial charge in [0.05, 0.1) is 12.6 Å². The highest BCUT2D eigenvalue weighted by Crippen LogP contribution is 2.29. The minimum atomic E-state index is -4.77. The van der Waals surface area contributed by atoms with Crippen molar-refractivity contribution in [3.8, 4) is 5.75 Å². The average molecular weight is 241 g/mol. The van der Waals surface area contributed by atoms with Crippen LogP contribution < -0.4 is 4.74 Å². The number of pyridine rings is 1. The monoisotopic (exact) mass is 241 g/mol. The number of benzene rings is 1. The second kappa shape index (κ2) is 3.71. The Labute approximate surface area is 91.9 Å². The molecule has 0 bridgehead atoms. The molecule has 2 rings (SSSR count). The lowest BCUT2D eigenvalue weighted by atomic mass is 10.2. The fourth-order valence-corrected chi connectivity index (χ4v) is 2.12. The molecule has 0 aliphatic carbocycles. The maximum Gasteiger partial charge on any atom is 0.334 e. The van der Waals surface area contributed by atoms with Gasteiger partial charge in [0.25, 0.3) is 0 Å². The number of nitrogens with zero attached hydrogens (tertiary/aromatic N) is 1. The van der Waals surface area contributed by atoms with E-state index in [2.05, 4.69) is 4.98 Å². The molecular weight excluding hydrogens is 233 g/mol. The normalized spacial score (nSPS) is 11.6. The number of rotatable bonds is 2. The number of fused-ring (bicyclic) bond motifs is 1. The Morgan fingerprint density at radius 1 is 1.31 bits per heavy atom. The van der Waals surface area contributed by atoms with E-state index in [1.807, 2.05) is 0 Å². The molecular formula is C10H8FNO3S. The molecule has 84 valence electrons. The van der Waals surface area contributed by atoms with E-state index in [1.165, 1.54) is 19.4 Å². The first kappa shape index (κ1) is 10.8. The zero-order valence-corrected chi connectivity index (χ0v) is 9.16. The van der Waals surface area contributed by atoms with E-state index in [4.69, 9.17) is 4.74 Å². The summed E-state index contributed by atoms with van der Waals surface area (Å²) in [5.41, 5.74) is 0.0735. The van der Waals surface area contributed by atoms with Gasteiger partial charge in [-0.3, -0.25) is 4.98 Å². The van der Waals surface area contributed by atoms with Gasteiger partial charge < -0.3 is 4.74 Å². The molecule has 16 heavy (non-hydrogen) atoms. The van der Waals surface area contributed by atoms with E-state index in [-0.39, 0.29) is 5.52 Å². The maximum absolute atomic E-state index is 13.0. The van der Waals surface area contributed by atoms with Crippen LogP contribution in [0, 0.1) is 0 Å². The molecule has 0 atom stereocenters. The molecule has 0 unspecified atom stereocenters. The van der Waals surface area contributed by atoms with Crippen molar-refractivity contribution in [2.24, 2.45) is 0 Å². The molecule has 0 fully saturated rings. The van der Waals surface area contributed by atoms with Crippen LogP contribution in [0.3, 0.4) is 0 Å². The first-order valence-corrected chi connectivity index (χ1v) is 5.79. The Hall–Kier alpha value is -1.69. The molecule has 0 saturated heterocycles. The summed E-state index contributed by atoms with van der Waals surface area (Å²) < 4.78 is 39.8. The summed E-state index contributed by atoms with van der Waals surface area (Å²) in [7, 11) is -3.32. The predicted molar refractivity (Wildman–Crippen MR) is 56.6 cm³/mol. The molecule has 0 spiro atoms. The standard InChI is InChI=1S/C10H8FNO3S/c1-15-8-4-5-9(16(11,13)14)10-7(8)3-2-6-12-10/h2-6H,1H3. The Balaban J connectivity index is 2.91. The maximum atomic E-state index is 13.0. The third-order valence-corrected chi connectivity index (χ3v) is 3.03. The number of hydrogen-bond donors (Lipinski definition) is 0. The quantitative estimate of drug-likeness (QED) is 0.753. The van der Waals surface area contributed by atoms with Gasteiger partial charge in [0.15, 0.2) is 0 Å². The van der Waals surface area contributed by atoms with Gasteiger partial charge in [-0.1, -0.05) is 0 Å². The van der Waals surface area contributed by atoms with Crippen LogP contribution in [-0.2, 0) is 10.2 Å². The number of hydrogen-bond acceptors (Lipinski definition) is 4. The molecule has 1 heterocycles. The smallest absolute Gasteiger partial charge is 0.334 e. The lowest BCUT2D eigenvalue weighted by molar-refractivity contribution is 0.419. The largest absolute Gasteiger partial charge is 0.496 e. The molecule has 4 nitrogen and oxygen atoms in total. The molecule has 0 aliphatic rings. The molecule has 0 amide bonds. The van der Waals surface area contributed by atoms with E-state index in [0.717, 1.165) is 6.07 Å². The fraction of sp³-hybridized carbons (Fsp3) is 0.100. The van der Waals surface area contributed by atoms with E-state index < -0.39 is 15.1 Å². The summed E-state index contributed by atoms with van der Waals surface area (Å²) in [4.78, 5) is 3.42. The molecule has 1 aromatic heterocycles. The van der Waals surface area contributed by atoms with Crippen LogP contribution in [0.2, 0.25) is 0 Å². The minimum Gasteiger partial charge on any atom is -0.496 e. The van der Waals surface area contributed by atoms with Crippen LogP contribution in [-0.4, -0.2) is 20.5 Å². The number of methoxy groups -OCH3 is 1. The summed E-state index contributed by atoms with van der Waals surface area (Å²) in [5, 5.41) is 0.462. The SMILES string of the molecule is COc1ccc(S(=O)(=O)F)c2ncccc12. The summed E-state index contributed by atoms with van der Waals surface area (Å²) in [6.07, 6.45) is 1.40. The van der Waals surface area contributed by atoms with Gasteiger partial charge in [0.1, 0.15) is 10.6 Å². The highest BCUT2D eigenvalue weighted by Gasteiger charge is 2.18. The predicted octanol–water partition coefficient (Wildman–Crippen LogP) is 1.90. The lowest BCUT2D eigenvalue weighted by Gasteiger charge is -2.06. The van der Waals surface area contributed by atoms with Gasteiger partial charge in [-0.05, 0) is 24.3 Å². The van der Waals surface area contributed by atoms with Crippen molar-refractivity contribution in [1.29, 1.82) is 0 Å². The molecule has 6 heteroatoms. The van der Waals surface area contributed by atoms with Crippen molar-refractivity contribution >= 4 is 21.1 Å². The molecule has 1 aromatic carbocycles. The van der Waals surface area contributed by atoms with Gasteiger partial charge in [-0.25, -0.2) is 0 Å². The third-order valence-electron chi connectivity index (χ3n) is 2.18. The Morgan fingerprint density at radius 3 is 2.69 bits per heavy atom. The Bertz CT molecular complexity index is 640. The van der Waals surface area contributed by atoms with Gasteiger partial charge in [0, 0.05) is 11.6 Å². The minimum absolute atomic E-state index is 0.0735. The first-order valence-electron chi connectivity index (χ1n) is 4.40. The van der Waals surface area contributed by atoms with E-state index in [1.54, 1.807) is 12.1 Å². The number of ether oxygens (including phenoxy) is 1. The second-order valence-corrected chi connectivity index (χ2v) is 4.42. The molecule has 0 aliphatic heterocycles. The zero-order valence-electron chi connectivity index (χ0n) is 8.34. The van der Waals surface area contributed by atoms with Crippen LogP contribution in [0.25, 0.3) is 10.9 Å². The molecule has 0 saturated carbocycles. The van der Waals surface area contributed by atoms with Crippen molar-refractivity contribution in [2.75, 3.05) is 7.11 Å². The topological polar surface area (TPSA) is 56.3 Å². The fourth-order valence-electron chi connectivity index (χ4n) is 1.50. The van der Waals surface area contributed by atoms with Crippen LogP contribution >= 0.6 is 0 Å². The Morgan fingerprint density at radius 2 is 2.06 bits per heavy atom. The van der Waals surface area contributed by atoms with E-state index >= 15 is 0 Å². The summed E-state index contributed by atoms with van der Waals surface area (Å²) >= 11 is 0. The molecule has 2 aromatic rings. The van der Waals surface area contributed by atoms with E-state index in [0.29, 0.717) is 11.1 Å². The van der Waals surface area contributed by atoms with Gasteiger partial charge in [-0.15, -0.1) is 3.89 Å². The summed E-state index contributed by atoms with van der Waals surface area (Å²) in [5.74, 6) is 0.454. The van der Waals surface area contributed by atoms with Crippen LogP contribution in [0.15, 0.2) is 35.4 Å².